The van der Waals surface area contributed by atoms with Gasteiger partial charge in [0.2, 0.25) is 11.8 Å². The second-order valence-electron chi connectivity index (χ2n) is 4.24. The molecule has 0 saturated heterocycles. The minimum Gasteiger partial charge on any atom is -0.325 e. The molecule has 0 bridgehead atoms. The molecule has 6 nitrogen and oxygen atoms in total. The molecule has 0 aliphatic carbocycles. The third-order valence-corrected chi connectivity index (χ3v) is 3.33. The van der Waals surface area contributed by atoms with E-state index in [1.165, 1.54) is 0 Å². The number of aliphatic imine (C=N–C) groups is 1. The van der Waals surface area contributed by atoms with Gasteiger partial charge in [-0.2, -0.15) is 4.99 Å². The van der Waals surface area contributed by atoms with E-state index in [1.807, 2.05) is 19.1 Å². The molecular weight excluding hydrogens is 278 g/mol. The molecule has 7 heteroatoms. The Bertz CT molecular complexity index is 581. The topological polar surface area (TPSA) is 87.6 Å². The number of amidine groups is 1. The van der Waals surface area contributed by atoms with Crippen molar-refractivity contribution >= 4 is 40.3 Å². The molecular formula is C13H13N3O3S. The minimum absolute atomic E-state index is 0.0697. The number of nitrogens with zero attached hydrogens (tertiary/aromatic N) is 1. The van der Waals surface area contributed by atoms with Gasteiger partial charge in [-0.3, -0.25) is 14.4 Å². The fourth-order valence-electron chi connectivity index (χ4n) is 1.52. The average molecular weight is 291 g/mol. The van der Waals surface area contributed by atoms with Gasteiger partial charge in [-0.05, 0) is 19.1 Å². The molecule has 0 spiro atoms. The van der Waals surface area contributed by atoms with Crippen molar-refractivity contribution in [2.24, 2.45) is 4.99 Å². The second kappa shape index (κ2) is 6.33. The number of aryl methyl sites for hydroxylation is 1. The first-order valence-electron chi connectivity index (χ1n) is 5.93. The Morgan fingerprint density at radius 1 is 1.35 bits per heavy atom. The van der Waals surface area contributed by atoms with Gasteiger partial charge in [0.15, 0.2) is 5.17 Å². The van der Waals surface area contributed by atoms with Crippen LogP contribution in [-0.4, -0.2) is 28.6 Å². The van der Waals surface area contributed by atoms with E-state index >= 15 is 0 Å². The zero-order valence-corrected chi connectivity index (χ0v) is 11.6. The van der Waals surface area contributed by atoms with Crippen molar-refractivity contribution in [2.45, 2.75) is 13.3 Å². The Hall–Kier alpha value is -2.15. The molecule has 3 amide bonds. The van der Waals surface area contributed by atoms with Gasteiger partial charge < -0.3 is 10.6 Å². The fourth-order valence-corrected chi connectivity index (χ4v) is 2.21. The number of amides is 3. The number of carbonyl (C=O) groups excluding carboxylic acids is 3. The zero-order valence-electron chi connectivity index (χ0n) is 10.8. The predicted octanol–water partition coefficient (Wildman–Crippen LogP) is 1.07. The van der Waals surface area contributed by atoms with Crippen LogP contribution < -0.4 is 10.6 Å². The number of hydrogen-bond donors (Lipinski definition) is 2. The van der Waals surface area contributed by atoms with Gasteiger partial charge in [0.25, 0.3) is 5.91 Å². The lowest BCUT2D eigenvalue weighted by Crippen LogP contribution is -2.35. The highest BCUT2D eigenvalue weighted by atomic mass is 32.2. The summed E-state index contributed by atoms with van der Waals surface area (Å²) in [6.07, 6.45) is -0.236. The van der Waals surface area contributed by atoms with E-state index in [4.69, 9.17) is 0 Å². The van der Waals surface area contributed by atoms with Gasteiger partial charge >= 0.3 is 0 Å². The summed E-state index contributed by atoms with van der Waals surface area (Å²) in [6, 6.07) is 7.41. The first-order chi connectivity index (χ1) is 9.52. The first kappa shape index (κ1) is 14.3. The summed E-state index contributed by atoms with van der Waals surface area (Å²) < 4.78 is 0. The third kappa shape index (κ3) is 4.20. The van der Waals surface area contributed by atoms with Crippen LogP contribution in [0.1, 0.15) is 12.0 Å². The molecule has 0 aromatic heterocycles. The lowest BCUT2D eigenvalue weighted by Gasteiger charge is -2.11. The van der Waals surface area contributed by atoms with Gasteiger partial charge in [-0.1, -0.05) is 29.5 Å². The molecule has 2 rings (SSSR count). The number of benzene rings is 1. The van der Waals surface area contributed by atoms with Crippen LogP contribution in [0.4, 0.5) is 5.69 Å². The van der Waals surface area contributed by atoms with Crippen LogP contribution in [0.5, 0.6) is 0 Å². The zero-order chi connectivity index (χ0) is 14.5. The van der Waals surface area contributed by atoms with Gasteiger partial charge in [-0.25, -0.2) is 0 Å². The highest BCUT2D eigenvalue weighted by molar-refractivity contribution is 8.14. The second-order valence-corrected chi connectivity index (χ2v) is 5.20. The summed E-state index contributed by atoms with van der Waals surface area (Å²) in [5, 5.41) is 5.34. The number of hydrogen-bond acceptors (Lipinski definition) is 4. The van der Waals surface area contributed by atoms with Crippen LogP contribution in [0.25, 0.3) is 0 Å². The van der Waals surface area contributed by atoms with Crippen LogP contribution in [-0.2, 0) is 14.4 Å². The van der Waals surface area contributed by atoms with Gasteiger partial charge in [0, 0.05) is 5.69 Å². The first-order valence-corrected chi connectivity index (χ1v) is 6.92. The van der Waals surface area contributed by atoms with E-state index in [2.05, 4.69) is 15.6 Å². The SMILES string of the molecule is Cc1ccc(NC(=O)CSC2=NC(=O)CC(=O)N2)cc1. The summed E-state index contributed by atoms with van der Waals surface area (Å²) in [6.45, 7) is 1.96. The number of carbonyl (C=O) groups is 3. The van der Waals surface area contributed by atoms with Crippen LogP contribution >= 0.6 is 11.8 Å². The molecule has 0 radical (unpaired) electrons. The van der Waals surface area contributed by atoms with Crippen LogP contribution in [0.3, 0.4) is 0 Å². The van der Waals surface area contributed by atoms with E-state index in [0.29, 0.717) is 5.69 Å². The third-order valence-electron chi connectivity index (χ3n) is 2.46. The number of thioether (sulfide) groups is 1. The molecule has 1 aliphatic rings. The molecule has 0 fully saturated rings. The lowest BCUT2D eigenvalue weighted by atomic mass is 10.2. The molecule has 1 aliphatic heterocycles. The molecule has 1 aromatic carbocycles. The van der Waals surface area contributed by atoms with Crippen molar-refractivity contribution in [3.63, 3.8) is 0 Å². The minimum atomic E-state index is -0.491. The standard InChI is InChI=1S/C13H13N3O3S/c1-8-2-4-9(5-3-8)14-12(19)7-20-13-15-10(17)6-11(18)16-13/h2-5H,6-7H2,1H3,(H,14,19)(H,15,16,17,18). The quantitative estimate of drug-likeness (QED) is 0.815. The molecule has 20 heavy (non-hydrogen) atoms. The molecule has 0 atom stereocenters. The summed E-state index contributed by atoms with van der Waals surface area (Å²) in [5.74, 6) is -1.05. The number of rotatable bonds is 3. The van der Waals surface area contributed by atoms with Crippen molar-refractivity contribution < 1.29 is 14.4 Å². The van der Waals surface area contributed by atoms with E-state index in [-0.39, 0.29) is 23.2 Å². The van der Waals surface area contributed by atoms with E-state index < -0.39 is 11.8 Å². The van der Waals surface area contributed by atoms with Crippen molar-refractivity contribution in [2.75, 3.05) is 11.1 Å². The maximum Gasteiger partial charge on any atom is 0.257 e. The maximum absolute atomic E-state index is 11.7. The Morgan fingerprint density at radius 2 is 2.05 bits per heavy atom. The Labute approximate surface area is 120 Å². The average Bonchev–Trinajstić information content (AvgIpc) is 2.38. The molecule has 1 heterocycles. The molecule has 0 unspecified atom stereocenters. The van der Waals surface area contributed by atoms with Crippen molar-refractivity contribution in [3.8, 4) is 0 Å². The van der Waals surface area contributed by atoms with Crippen molar-refractivity contribution in [1.82, 2.24) is 5.32 Å². The highest BCUT2D eigenvalue weighted by Gasteiger charge is 2.19. The van der Waals surface area contributed by atoms with Gasteiger partial charge in [-0.15, -0.1) is 0 Å². The van der Waals surface area contributed by atoms with Crippen LogP contribution in [0.15, 0.2) is 29.3 Å². The van der Waals surface area contributed by atoms with E-state index in [1.54, 1.807) is 12.1 Å². The largest absolute Gasteiger partial charge is 0.325 e. The Kier molecular flexibility index (Phi) is 4.52. The van der Waals surface area contributed by atoms with E-state index in [9.17, 15) is 14.4 Å². The predicted molar refractivity (Wildman–Crippen MR) is 77.5 cm³/mol. The normalized spacial score (nSPS) is 14.6. The molecule has 0 saturated carbocycles. The molecule has 1 aromatic rings. The van der Waals surface area contributed by atoms with Crippen molar-refractivity contribution in [1.29, 1.82) is 0 Å². The van der Waals surface area contributed by atoms with Gasteiger partial charge in [0.05, 0.1) is 5.75 Å². The smallest absolute Gasteiger partial charge is 0.257 e. The molecule has 2 N–H and O–H groups in total. The molecule has 104 valence electrons. The maximum atomic E-state index is 11.7. The summed E-state index contributed by atoms with van der Waals surface area (Å²) in [5.41, 5.74) is 1.81. The highest BCUT2D eigenvalue weighted by Crippen LogP contribution is 2.11. The lowest BCUT2D eigenvalue weighted by molar-refractivity contribution is -0.127. The van der Waals surface area contributed by atoms with Crippen molar-refractivity contribution in [3.05, 3.63) is 29.8 Å². The Morgan fingerprint density at radius 3 is 2.70 bits per heavy atom. The van der Waals surface area contributed by atoms with E-state index in [0.717, 1.165) is 17.3 Å². The number of anilines is 1. The summed E-state index contributed by atoms with van der Waals surface area (Å²) in [7, 11) is 0. The van der Waals surface area contributed by atoms with Crippen LogP contribution in [0, 0.1) is 6.92 Å². The number of nitrogens with one attached hydrogen (secondary N) is 2. The van der Waals surface area contributed by atoms with Gasteiger partial charge in [0.1, 0.15) is 6.42 Å². The summed E-state index contributed by atoms with van der Waals surface area (Å²) in [4.78, 5) is 37.6. The summed E-state index contributed by atoms with van der Waals surface area (Å²) >= 11 is 1.02. The fraction of sp³-hybridized carbons (Fsp3) is 0.231. The monoisotopic (exact) mass is 291 g/mol. The Balaban J connectivity index is 1.85. The van der Waals surface area contributed by atoms with Crippen LogP contribution in [0.2, 0.25) is 0 Å².